The van der Waals surface area contributed by atoms with Crippen LogP contribution in [0.5, 0.6) is 0 Å². The molecule has 16 heavy (non-hydrogen) atoms. The van der Waals surface area contributed by atoms with E-state index in [1.165, 1.54) is 13.8 Å². The summed E-state index contributed by atoms with van der Waals surface area (Å²) >= 11 is 0. The van der Waals surface area contributed by atoms with Crippen LogP contribution >= 0.6 is 0 Å². The lowest BCUT2D eigenvalue weighted by Gasteiger charge is -2.14. The van der Waals surface area contributed by atoms with Gasteiger partial charge in [-0.05, 0) is 20.3 Å². The SMILES string of the molecule is CC(=O)CCC(NC=O)C(=O)NCC(C)=O. The van der Waals surface area contributed by atoms with Crippen LogP contribution in [0.3, 0.4) is 0 Å². The summed E-state index contributed by atoms with van der Waals surface area (Å²) in [6.45, 7) is 2.68. The van der Waals surface area contributed by atoms with Crippen LogP contribution < -0.4 is 10.6 Å². The third-order valence-corrected chi connectivity index (χ3v) is 1.88. The summed E-state index contributed by atoms with van der Waals surface area (Å²) in [7, 11) is 0. The maximum atomic E-state index is 11.5. The first-order valence-electron chi connectivity index (χ1n) is 4.93. The summed E-state index contributed by atoms with van der Waals surface area (Å²) in [4.78, 5) is 43.1. The summed E-state index contributed by atoms with van der Waals surface area (Å²) in [6, 6.07) is -0.763. The van der Waals surface area contributed by atoms with E-state index < -0.39 is 11.9 Å². The molecule has 0 saturated heterocycles. The molecule has 0 aliphatic heterocycles. The Kier molecular flexibility index (Phi) is 6.74. The van der Waals surface area contributed by atoms with Gasteiger partial charge in [-0.15, -0.1) is 0 Å². The van der Waals surface area contributed by atoms with Gasteiger partial charge >= 0.3 is 0 Å². The molecule has 0 aromatic carbocycles. The number of hydrogen-bond acceptors (Lipinski definition) is 4. The molecule has 0 rings (SSSR count). The van der Waals surface area contributed by atoms with Crippen LogP contribution in [0.25, 0.3) is 0 Å². The van der Waals surface area contributed by atoms with Gasteiger partial charge in [0.05, 0.1) is 6.54 Å². The fourth-order valence-corrected chi connectivity index (χ4v) is 1.05. The van der Waals surface area contributed by atoms with Gasteiger partial charge < -0.3 is 15.4 Å². The van der Waals surface area contributed by atoms with Crippen LogP contribution in [0.15, 0.2) is 0 Å². The maximum Gasteiger partial charge on any atom is 0.242 e. The van der Waals surface area contributed by atoms with Crippen molar-refractivity contribution in [2.45, 2.75) is 32.7 Å². The van der Waals surface area contributed by atoms with Gasteiger partial charge in [0.15, 0.2) is 0 Å². The van der Waals surface area contributed by atoms with E-state index in [2.05, 4.69) is 10.6 Å². The van der Waals surface area contributed by atoms with Gasteiger partial charge in [0, 0.05) is 6.42 Å². The fourth-order valence-electron chi connectivity index (χ4n) is 1.05. The molecule has 0 radical (unpaired) electrons. The summed E-state index contributed by atoms with van der Waals surface area (Å²) in [6.07, 6.45) is 0.842. The summed E-state index contributed by atoms with van der Waals surface area (Å²) in [5, 5.41) is 4.67. The zero-order valence-electron chi connectivity index (χ0n) is 9.41. The Morgan fingerprint density at radius 1 is 1.19 bits per heavy atom. The molecule has 0 bridgehead atoms. The quantitative estimate of drug-likeness (QED) is 0.531. The maximum absolute atomic E-state index is 11.5. The van der Waals surface area contributed by atoms with Crippen molar-refractivity contribution in [3.63, 3.8) is 0 Å². The number of carbonyl (C=O) groups excluding carboxylic acids is 4. The van der Waals surface area contributed by atoms with Gasteiger partial charge in [0.1, 0.15) is 17.6 Å². The lowest BCUT2D eigenvalue weighted by molar-refractivity contribution is -0.127. The van der Waals surface area contributed by atoms with Crippen LogP contribution in [0, 0.1) is 0 Å². The molecule has 1 unspecified atom stereocenters. The Hall–Kier alpha value is -1.72. The number of rotatable bonds is 8. The highest BCUT2D eigenvalue weighted by atomic mass is 16.2. The van der Waals surface area contributed by atoms with Gasteiger partial charge in [0.25, 0.3) is 0 Å². The summed E-state index contributed by atoms with van der Waals surface area (Å²) in [5.74, 6) is -0.689. The first-order chi connectivity index (χ1) is 7.47. The van der Waals surface area contributed by atoms with Crippen molar-refractivity contribution in [1.29, 1.82) is 0 Å². The monoisotopic (exact) mass is 228 g/mol. The van der Waals surface area contributed by atoms with Crippen molar-refractivity contribution in [2.24, 2.45) is 0 Å². The van der Waals surface area contributed by atoms with Crippen molar-refractivity contribution in [2.75, 3.05) is 6.54 Å². The summed E-state index contributed by atoms with van der Waals surface area (Å²) < 4.78 is 0. The van der Waals surface area contributed by atoms with Crippen molar-refractivity contribution < 1.29 is 19.2 Å². The average Bonchev–Trinajstić information content (AvgIpc) is 2.20. The Morgan fingerprint density at radius 2 is 1.81 bits per heavy atom. The highest BCUT2D eigenvalue weighted by Crippen LogP contribution is 1.98. The second-order valence-corrected chi connectivity index (χ2v) is 3.50. The lowest BCUT2D eigenvalue weighted by atomic mass is 10.1. The molecular weight excluding hydrogens is 212 g/mol. The van der Waals surface area contributed by atoms with Crippen LogP contribution in [0.4, 0.5) is 0 Å². The third kappa shape index (κ3) is 6.69. The van der Waals surface area contributed by atoms with Gasteiger partial charge in [0.2, 0.25) is 12.3 Å². The molecule has 6 heteroatoms. The number of ketones is 2. The van der Waals surface area contributed by atoms with Crippen LogP contribution in [0.1, 0.15) is 26.7 Å². The predicted octanol–water partition coefficient (Wildman–Crippen LogP) is -0.825. The number of nitrogens with one attached hydrogen (secondary N) is 2. The number of carbonyl (C=O) groups is 4. The van der Waals surface area contributed by atoms with Gasteiger partial charge in [-0.2, -0.15) is 0 Å². The van der Waals surface area contributed by atoms with Crippen molar-refractivity contribution in [3.05, 3.63) is 0 Å². The molecule has 0 heterocycles. The Labute approximate surface area is 93.8 Å². The van der Waals surface area contributed by atoms with E-state index in [1.54, 1.807) is 0 Å². The summed E-state index contributed by atoms with van der Waals surface area (Å²) in [5.41, 5.74) is 0. The molecular formula is C10H16N2O4. The normalized spacial score (nSPS) is 11.4. The average molecular weight is 228 g/mol. The van der Waals surface area contributed by atoms with Crippen molar-refractivity contribution >= 4 is 23.9 Å². The largest absolute Gasteiger partial charge is 0.347 e. The van der Waals surface area contributed by atoms with Gasteiger partial charge in [-0.1, -0.05) is 0 Å². The van der Waals surface area contributed by atoms with Gasteiger partial charge in [-0.25, -0.2) is 0 Å². The fraction of sp³-hybridized carbons (Fsp3) is 0.600. The zero-order valence-corrected chi connectivity index (χ0v) is 9.41. The lowest BCUT2D eigenvalue weighted by Crippen LogP contribution is -2.45. The minimum Gasteiger partial charge on any atom is -0.347 e. The number of Topliss-reactive ketones (excluding diaryl/α,β-unsaturated/α-hetero) is 2. The van der Waals surface area contributed by atoms with E-state index in [4.69, 9.17) is 0 Å². The molecule has 0 saturated carbocycles. The van der Waals surface area contributed by atoms with E-state index in [1.807, 2.05) is 0 Å². The van der Waals surface area contributed by atoms with E-state index in [9.17, 15) is 19.2 Å². The van der Waals surface area contributed by atoms with E-state index >= 15 is 0 Å². The molecule has 2 amide bonds. The second-order valence-electron chi connectivity index (χ2n) is 3.50. The third-order valence-electron chi connectivity index (χ3n) is 1.88. The minimum atomic E-state index is -0.763. The molecule has 0 aromatic heterocycles. The van der Waals surface area contributed by atoms with Crippen molar-refractivity contribution in [3.8, 4) is 0 Å². The standard InChI is InChI=1S/C10H16N2O4/c1-7(14)3-4-9(12-6-13)10(16)11-5-8(2)15/h6,9H,3-5H2,1-2H3,(H,11,16)(H,12,13). The number of amides is 2. The van der Waals surface area contributed by atoms with Crippen LogP contribution in [-0.4, -0.2) is 36.5 Å². The van der Waals surface area contributed by atoms with E-state index in [0.717, 1.165) is 0 Å². The molecule has 90 valence electrons. The zero-order chi connectivity index (χ0) is 12.6. The Bertz CT molecular complexity index is 289. The molecule has 2 N–H and O–H groups in total. The molecule has 0 fully saturated rings. The van der Waals surface area contributed by atoms with Crippen LogP contribution in [0.2, 0.25) is 0 Å². The second kappa shape index (κ2) is 7.56. The first kappa shape index (κ1) is 14.3. The molecule has 0 spiro atoms. The topological polar surface area (TPSA) is 92.3 Å². The Morgan fingerprint density at radius 3 is 2.25 bits per heavy atom. The first-order valence-corrected chi connectivity index (χ1v) is 4.93. The Balaban J connectivity index is 4.16. The highest BCUT2D eigenvalue weighted by Gasteiger charge is 2.17. The van der Waals surface area contributed by atoms with E-state index in [-0.39, 0.29) is 31.0 Å². The molecule has 0 aliphatic rings. The van der Waals surface area contributed by atoms with Crippen molar-refractivity contribution in [1.82, 2.24) is 10.6 Å². The smallest absolute Gasteiger partial charge is 0.242 e. The minimum absolute atomic E-state index is 0.0583. The highest BCUT2D eigenvalue weighted by molar-refractivity contribution is 5.88. The molecule has 0 aliphatic carbocycles. The number of hydrogen-bond donors (Lipinski definition) is 2. The molecule has 0 aromatic rings. The molecule has 1 atom stereocenters. The molecule has 6 nitrogen and oxygen atoms in total. The predicted molar refractivity (Wildman–Crippen MR) is 56.6 cm³/mol. The van der Waals surface area contributed by atoms with Gasteiger partial charge in [-0.3, -0.25) is 14.4 Å². The van der Waals surface area contributed by atoms with Crippen LogP contribution in [-0.2, 0) is 19.2 Å². The van der Waals surface area contributed by atoms with E-state index in [0.29, 0.717) is 6.41 Å².